The van der Waals surface area contributed by atoms with Crippen LogP contribution >= 0.6 is 0 Å². The van der Waals surface area contributed by atoms with Crippen molar-refractivity contribution in [3.63, 3.8) is 0 Å². The van der Waals surface area contributed by atoms with Crippen molar-refractivity contribution >= 4 is 23.9 Å². The molecule has 0 unspecified atom stereocenters. The zero-order valence-corrected chi connectivity index (χ0v) is 7.63. The molecule has 0 aromatic rings. The van der Waals surface area contributed by atoms with Gasteiger partial charge in [0.1, 0.15) is 0 Å². The Balaban J connectivity index is 4.80. The molecule has 6 N–H and O–H groups in total. The number of carbonyl (C=O) groups is 4. The van der Waals surface area contributed by atoms with Gasteiger partial charge in [0.2, 0.25) is 0 Å². The van der Waals surface area contributed by atoms with Crippen molar-refractivity contribution in [1.82, 2.24) is 10.6 Å². The Kier molecular flexibility index (Phi) is 4.34. The van der Waals surface area contributed by atoms with E-state index < -0.39 is 34.8 Å². The number of nitro groups is 1. The van der Waals surface area contributed by atoms with E-state index in [0.29, 0.717) is 0 Å². The highest BCUT2D eigenvalue weighted by molar-refractivity contribution is 6.11. The molecule has 0 spiro atoms. The van der Waals surface area contributed by atoms with Crippen LogP contribution in [-0.2, 0) is 9.59 Å². The summed E-state index contributed by atoms with van der Waals surface area (Å²) in [4.78, 5) is 51.4. The number of imide groups is 2. The van der Waals surface area contributed by atoms with E-state index in [1.165, 1.54) is 10.6 Å². The van der Waals surface area contributed by atoms with Crippen LogP contribution in [0.15, 0.2) is 0 Å². The van der Waals surface area contributed by atoms with E-state index in [-0.39, 0.29) is 0 Å². The zero-order chi connectivity index (χ0) is 12.9. The van der Waals surface area contributed by atoms with Crippen molar-refractivity contribution in [3.8, 4) is 0 Å². The third-order valence-corrected chi connectivity index (χ3v) is 1.20. The second kappa shape index (κ2) is 5.23. The summed E-state index contributed by atoms with van der Waals surface area (Å²) < 4.78 is 0. The fourth-order valence-electron chi connectivity index (χ4n) is 0.690. The van der Waals surface area contributed by atoms with E-state index in [9.17, 15) is 29.3 Å². The first-order valence-electron chi connectivity index (χ1n) is 3.59. The average Bonchev–Trinajstić information content (AvgIpc) is 1.98. The van der Waals surface area contributed by atoms with Gasteiger partial charge in [-0.25, -0.2) is 9.59 Å². The summed E-state index contributed by atoms with van der Waals surface area (Å²) in [6.07, 6.45) is 0. The lowest BCUT2D eigenvalue weighted by molar-refractivity contribution is -0.493. The molecule has 0 heterocycles. The van der Waals surface area contributed by atoms with Crippen LogP contribution in [0.5, 0.6) is 0 Å². The largest absolute Gasteiger partial charge is 0.366 e. The molecule has 16 heavy (non-hydrogen) atoms. The van der Waals surface area contributed by atoms with Gasteiger partial charge in [0.15, 0.2) is 0 Å². The Morgan fingerprint density at radius 2 is 1.31 bits per heavy atom. The van der Waals surface area contributed by atoms with Crippen molar-refractivity contribution in [3.05, 3.63) is 10.1 Å². The van der Waals surface area contributed by atoms with Crippen LogP contribution in [0, 0.1) is 10.1 Å². The van der Waals surface area contributed by atoms with Crippen LogP contribution in [-0.4, -0.2) is 34.8 Å². The Hall–Kier alpha value is -2.72. The SMILES string of the molecule is NC(=O)NC(=O)C(C(=O)NC(N)=O)[N+](=O)[O-]. The molecule has 11 heteroatoms. The van der Waals surface area contributed by atoms with Crippen LogP contribution < -0.4 is 22.1 Å². The lowest BCUT2D eigenvalue weighted by atomic mass is 10.2. The van der Waals surface area contributed by atoms with Crippen LogP contribution in [0.1, 0.15) is 0 Å². The lowest BCUT2D eigenvalue weighted by Gasteiger charge is -2.06. The van der Waals surface area contributed by atoms with Gasteiger partial charge in [0.05, 0.1) is 0 Å². The number of hydrogen-bond donors (Lipinski definition) is 4. The minimum absolute atomic E-state index is 1.31. The zero-order valence-electron chi connectivity index (χ0n) is 7.63. The number of carbonyl (C=O) groups excluding carboxylic acids is 4. The molecule has 6 amide bonds. The standard InChI is InChI=1S/C5H7N5O6/c6-4(13)8-2(11)1(10(15)16)3(12)9-5(7)14/h1H,(H3,6,8,11,13)(H3,7,9,12,14). The predicted octanol–water partition coefficient (Wildman–Crippen LogP) is -2.98. The monoisotopic (exact) mass is 233 g/mol. The number of hydrogen-bond acceptors (Lipinski definition) is 6. The third kappa shape index (κ3) is 3.99. The van der Waals surface area contributed by atoms with Gasteiger partial charge in [-0.1, -0.05) is 0 Å². The molecule has 0 bridgehead atoms. The van der Waals surface area contributed by atoms with Crippen molar-refractivity contribution in [1.29, 1.82) is 0 Å². The summed E-state index contributed by atoms with van der Waals surface area (Å²) in [6.45, 7) is 0. The van der Waals surface area contributed by atoms with Gasteiger partial charge < -0.3 is 11.5 Å². The Labute approximate surface area is 87.3 Å². The smallest absolute Gasteiger partial charge is 0.351 e. The molecule has 0 saturated heterocycles. The molecule has 0 aromatic carbocycles. The maximum Gasteiger partial charge on any atom is 0.366 e. The van der Waals surface area contributed by atoms with E-state index in [0.717, 1.165) is 0 Å². The minimum Gasteiger partial charge on any atom is -0.351 e. The van der Waals surface area contributed by atoms with Gasteiger partial charge in [-0.3, -0.25) is 30.3 Å². The van der Waals surface area contributed by atoms with Crippen molar-refractivity contribution < 1.29 is 24.1 Å². The number of amides is 6. The van der Waals surface area contributed by atoms with Crippen LogP contribution in [0.2, 0.25) is 0 Å². The first-order valence-corrected chi connectivity index (χ1v) is 3.59. The van der Waals surface area contributed by atoms with Gasteiger partial charge >= 0.3 is 29.9 Å². The first-order chi connectivity index (χ1) is 7.25. The molecular weight excluding hydrogens is 226 g/mol. The van der Waals surface area contributed by atoms with E-state index in [1.807, 2.05) is 0 Å². The van der Waals surface area contributed by atoms with E-state index >= 15 is 0 Å². The molecule has 0 aromatic heterocycles. The Morgan fingerprint density at radius 1 is 1.00 bits per heavy atom. The van der Waals surface area contributed by atoms with Crippen LogP contribution in [0.4, 0.5) is 9.59 Å². The summed E-state index contributed by atoms with van der Waals surface area (Å²) in [5, 5.41) is 13.0. The molecule has 0 atom stereocenters. The number of nitrogens with one attached hydrogen (secondary N) is 2. The van der Waals surface area contributed by atoms with Gasteiger partial charge in [0.25, 0.3) is 0 Å². The fraction of sp³-hybridized carbons (Fsp3) is 0.200. The quantitative estimate of drug-likeness (QED) is 0.228. The number of nitrogens with two attached hydrogens (primary N) is 2. The van der Waals surface area contributed by atoms with Crippen LogP contribution in [0.3, 0.4) is 0 Å². The summed E-state index contributed by atoms with van der Waals surface area (Å²) in [7, 11) is 0. The van der Waals surface area contributed by atoms with Crippen LogP contribution in [0.25, 0.3) is 0 Å². The fourth-order valence-corrected chi connectivity index (χ4v) is 0.690. The van der Waals surface area contributed by atoms with Crippen molar-refractivity contribution in [2.75, 3.05) is 0 Å². The summed E-state index contributed by atoms with van der Waals surface area (Å²) in [6, 6.07) is -5.23. The van der Waals surface area contributed by atoms with Gasteiger partial charge in [0, 0.05) is 4.92 Å². The number of primary amides is 2. The second-order valence-corrected chi connectivity index (χ2v) is 2.39. The summed E-state index contributed by atoms with van der Waals surface area (Å²) in [5.74, 6) is -3.15. The van der Waals surface area contributed by atoms with Crippen molar-refractivity contribution in [2.24, 2.45) is 11.5 Å². The number of nitrogens with zero attached hydrogens (tertiary/aromatic N) is 1. The molecule has 88 valence electrons. The molecule has 0 saturated carbocycles. The Bertz CT molecular complexity index is 336. The maximum absolute atomic E-state index is 11.0. The van der Waals surface area contributed by atoms with E-state index in [1.54, 1.807) is 0 Å². The highest BCUT2D eigenvalue weighted by atomic mass is 16.6. The second-order valence-electron chi connectivity index (χ2n) is 2.39. The highest BCUT2D eigenvalue weighted by Crippen LogP contribution is 1.91. The molecule has 0 radical (unpaired) electrons. The summed E-state index contributed by atoms with van der Waals surface area (Å²) >= 11 is 0. The molecule has 0 aliphatic rings. The maximum atomic E-state index is 11.0. The van der Waals surface area contributed by atoms with Gasteiger partial charge in [-0.2, -0.15) is 0 Å². The lowest BCUT2D eigenvalue weighted by Crippen LogP contribution is -2.54. The first kappa shape index (κ1) is 13.3. The third-order valence-electron chi connectivity index (χ3n) is 1.20. The molecule has 0 aliphatic carbocycles. The van der Waals surface area contributed by atoms with Gasteiger partial charge in [-0.15, -0.1) is 0 Å². The number of urea groups is 2. The van der Waals surface area contributed by atoms with E-state index in [4.69, 9.17) is 0 Å². The molecule has 11 nitrogen and oxygen atoms in total. The molecule has 0 aliphatic heterocycles. The van der Waals surface area contributed by atoms with E-state index in [2.05, 4.69) is 11.5 Å². The van der Waals surface area contributed by atoms with Gasteiger partial charge in [-0.05, 0) is 0 Å². The Morgan fingerprint density at radius 3 is 1.50 bits per heavy atom. The normalized spacial score (nSPS) is 9.31. The number of rotatable bonds is 3. The molecule has 0 fully saturated rings. The summed E-state index contributed by atoms with van der Waals surface area (Å²) in [5.41, 5.74) is 9.03. The minimum atomic E-state index is -2.49. The molecular formula is C5H7N5O6. The molecule has 0 rings (SSSR count). The topological polar surface area (TPSA) is 188 Å². The predicted molar refractivity (Wildman–Crippen MR) is 46.2 cm³/mol. The van der Waals surface area contributed by atoms with Crippen molar-refractivity contribution in [2.45, 2.75) is 6.04 Å². The highest BCUT2D eigenvalue weighted by Gasteiger charge is 2.39. The average molecular weight is 233 g/mol.